The molecule has 1 aromatic carbocycles. The molecule has 0 atom stereocenters. The van der Waals surface area contributed by atoms with Crippen LogP contribution in [0.1, 0.15) is 23.6 Å². The Kier molecular flexibility index (Phi) is 4.25. The fourth-order valence-electron chi connectivity index (χ4n) is 1.46. The van der Waals surface area contributed by atoms with E-state index in [-0.39, 0.29) is 12.2 Å². The summed E-state index contributed by atoms with van der Waals surface area (Å²) >= 11 is 3.25. The summed E-state index contributed by atoms with van der Waals surface area (Å²) in [7, 11) is 0. The van der Waals surface area contributed by atoms with Crippen molar-refractivity contribution < 1.29 is 18.3 Å². The van der Waals surface area contributed by atoms with Gasteiger partial charge in [-0.1, -0.05) is 22.0 Å². The van der Waals surface area contributed by atoms with Crippen LogP contribution in [-0.4, -0.2) is 12.6 Å². The molecule has 0 aliphatic carbocycles. The van der Waals surface area contributed by atoms with Crippen molar-refractivity contribution in [3.63, 3.8) is 0 Å². The first-order valence-electron chi connectivity index (χ1n) is 5.13. The summed E-state index contributed by atoms with van der Waals surface area (Å²) in [6.45, 7) is 4.70. The molecule has 2 nitrogen and oxygen atoms in total. The molecule has 0 N–H and O–H groups in total. The van der Waals surface area contributed by atoms with Crippen LogP contribution in [0.3, 0.4) is 0 Å². The first kappa shape index (κ1) is 14.1. The van der Waals surface area contributed by atoms with Gasteiger partial charge < -0.3 is 4.74 Å². The molecule has 17 heavy (non-hydrogen) atoms. The third kappa shape index (κ3) is 2.65. The second kappa shape index (κ2) is 5.12. The molecule has 0 bridgehead atoms. The molecule has 0 radical (unpaired) electrons. The molecule has 5 heteroatoms. The lowest BCUT2D eigenvalue weighted by Crippen LogP contribution is -2.29. The van der Waals surface area contributed by atoms with Crippen LogP contribution < -0.4 is 0 Å². The Bertz CT molecular complexity index is 444. The topological polar surface area (TPSA) is 26.3 Å². The van der Waals surface area contributed by atoms with Gasteiger partial charge in [-0.05, 0) is 38.0 Å². The number of alkyl halides is 2. The number of rotatable bonds is 3. The van der Waals surface area contributed by atoms with Crippen molar-refractivity contribution in [1.82, 2.24) is 0 Å². The summed E-state index contributed by atoms with van der Waals surface area (Å²) in [6, 6.07) is 2.74. The first-order chi connectivity index (χ1) is 7.82. The summed E-state index contributed by atoms with van der Waals surface area (Å²) in [4.78, 5) is 11.2. The Morgan fingerprint density at radius 1 is 1.35 bits per heavy atom. The van der Waals surface area contributed by atoms with Crippen molar-refractivity contribution in [2.45, 2.75) is 26.7 Å². The number of carbonyl (C=O) groups is 1. The first-order valence-corrected chi connectivity index (χ1v) is 5.92. The molecule has 0 unspecified atom stereocenters. The predicted octanol–water partition coefficient (Wildman–Crippen LogP) is 3.72. The zero-order valence-electron chi connectivity index (χ0n) is 9.81. The standard InChI is InChI=1S/C12H13BrF2O2/c1-4-17-11(16)12(14,15)9-5-6-10(13)8(3)7(9)2/h5-6H,4H2,1-3H3. The van der Waals surface area contributed by atoms with Crippen molar-refractivity contribution in [2.75, 3.05) is 6.61 Å². The van der Waals surface area contributed by atoms with Gasteiger partial charge >= 0.3 is 11.9 Å². The molecule has 0 saturated carbocycles. The summed E-state index contributed by atoms with van der Waals surface area (Å²) in [5, 5.41) is 0. The highest BCUT2D eigenvalue weighted by molar-refractivity contribution is 9.10. The van der Waals surface area contributed by atoms with Crippen LogP contribution in [0.5, 0.6) is 0 Å². The lowest BCUT2D eigenvalue weighted by atomic mass is 9.98. The average molecular weight is 307 g/mol. The highest BCUT2D eigenvalue weighted by Gasteiger charge is 2.44. The van der Waals surface area contributed by atoms with E-state index >= 15 is 0 Å². The maximum absolute atomic E-state index is 13.8. The molecule has 0 fully saturated rings. The van der Waals surface area contributed by atoms with Gasteiger partial charge in [0.2, 0.25) is 0 Å². The lowest BCUT2D eigenvalue weighted by Gasteiger charge is -2.18. The van der Waals surface area contributed by atoms with Gasteiger partial charge in [0.15, 0.2) is 0 Å². The summed E-state index contributed by atoms with van der Waals surface area (Å²) < 4.78 is 32.8. The second-order valence-electron chi connectivity index (χ2n) is 3.64. The van der Waals surface area contributed by atoms with Crippen molar-refractivity contribution >= 4 is 21.9 Å². The molecule has 1 aromatic rings. The number of halogens is 3. The quantitative estimate of drug-likeness (QED) is 0.796. The number of esters is 1. The molecular formula is C12H13BrF2O2. The fraction of sp³-hybridized carbons (Fsp3) is 0.417. The molecule has 0 heterocycles. The highest BCUT2D eigenvalue weighted by Crippen LogP contribution is 2.35. The predicted molar refractivity (Wildman–Crippen MR) is 64.1 cm³/mol. The minimum atomic E-state index is -3.61. The zero-order chi connectivity index (χ0) is 13.2. The van der Waals surface area contributed by atoms with Crippen LogP contribution in [-0.2, 0) is 15.5 Å². The van der Waals surface area contributed by atoms with Gasteiger partial charge in [-0.15, -0.1) is 0 Å². The minimum Gasteiger partial charge on any atom is -0.461 e. The molecule has 0 aliphatic rings. The zero-order valence-corrected chi connectivity index (χ0v) is 11.4. The van der Waals surface area contributed by atoms with Crippen LogP contribution in [0.4, 0.5) is 8.78 Å². The molecule has 94 valence electrons. The van der Waals surface area contributed by atoms with Crippen molar-refractivity contribution in [2.24, 2.45) is 0 Å². The smallest absolute Gasteiger partial charge is 0.381 e. The third-order valence-corrected chi connectivity index (χ3v) is 3.45. The molecule has 0 aliphatic heterocycles. The molecule has 1 rings (SSSR count). The van der Waals surface area contributed by atoms with Gasteiger partial charge in [0.1, 0.15) is 0 Å². The molecular weight excluding hydrogens is 294 g/mol. The Morgan fingerprint density at radius 3 is 2.47 bits per heavy atom. The molecule has 0 amide bonds. The largest absolute Gasteiger partial charge is 0.461 e. The second-order valence-corrected chi connectivity index (χ2v) is 4.49. The van der Waals surface area contributed by atoms with Crippen LogP contribution in [0.15, 0.2) is 16.6 Å². The Morgan fingerprint density at radius 2 is 1.94 bits per heavy atom. The summed E-state index contributed by atoms with van der Waals surface area (Å²) in [5.41, 5.74) is 0.764. The Hall–Kier alpha value is -0.970. The number of benzene rings is 1. The maximum Gasteiger partial charge on any atom is 0.381 e. The molecule has 0 saturated heterocycles. The molecule has 0 spiro atoms. The van der Waals surface area contributed by atoms with E-state index in [1.54, 1.807) is 13.8 Å². The van der Waals surface area contributed by atoms with E-state index in [1.165, 1.54) is 19.1 Å². The van der Waals surface area contributed by atoms with Crippen LogP contribution in [0.2, 0.25) is 0 Å². The summed E-state index contributed by atoms with van der Waals surface area (Å²) in [6.07, 6.45) is 0. The summed E-state index contributed by atoms with van der Waals surface area (Å²) in [5.74, 6) is -5.12. The van der Waals surface area contributed by atoms with E-state index in [0.717, 1.165) is 4.47 Å². The van der Waals surface area contributed by atoms with E-state index in [0.29, 0.717) is 11.1 Å². The fourth-order valence-corrected chi connectivity index (χ4v) is 1.89. The molecule has 0 aromatic heterocycles. The van der Waals surface area contributed by atoms with Crippen LogP contribution in [0.25, 0.3) is 0 Å². The van der Waals surface area contributed by atoms with E-state index in [1.807, 2.05) is 0 Å². The Balaban J connectivity index is 3.24. The number of ether oxygens (including phenoxy) is 1. The monoisotopic (exact) mass is 306 g/mol. The number of hydrogen-bond donors (Lipinski definition) is 0. The maximum atomic E-state index is 13.8. The van der Waals surface area contributed by atoms with Gasteiger partial charge in [0, 0.05) is 10.0 Å². The van der Waals surface area contributed by atoms with Crippen molar-refractivity contribution in [1.29, 1.82) is 0 Å². The van der Waals surface area contributed by atoms with Gasteiger partial charge in [-0.2, -0.15) is 8.78 Å². The van der Waals surface area contributed by atoms with Crippen molar-refractivity contribution in [3.05, 3.63) is 33.3 Å². The van der Waals surface area contributed by atoms with Crippen molar-refractivity contribution in [3.8, 4) is 0 Å². The van der Waals surface area contributed by atoms with E-state index < -0.39 is 11.9 Å². The Labute approximate surface area is 107 Å². The van der Waals surface area contributed by atoms with Gasteiger partial charge in [-0.3, -0.25) is 0 Å². The normalized spacial score (nSPS) is 11.4. The number of carbonyl (C=O) groups excluding carboxylic acids is 1. The van der Waals surface area contributed by atoms with Crippen LogP contribution in [0, 0.1) is 13.8 Å². The third-order valence-electron chi connectivity index (χ3n) is 2.59. The highest BCUT2D eigenvalue weighted by atomic mass is 79.9. The van der Waals surface area contributed by atoms with E-state index in [4.69, 9.17) is 0 Å². The van der Waals surface area contributed by atoms with Gasteiger partial charge in [0.25, 0.3) is 0 Å². The lowest BCUT2D eigenvalue weighted by molar-refractivity contribution is -0.173. The van der Waals surface area contributed by atoms with Gasteiger partial charge in [0.05, 0.1) is 6.61 Å². The van der Waals surface area contributed by atoms with E-state index in [2.05, 4.69) is 20.7 Å². The SMILES string of the molecule is CCOC(=O)C(F)(F)c1ccc(Br)c(C)c1C. The minimum absolute atomic E-state index is 0.0665. The van der Waals surface area contributed by atoms with E-state index in [9.17, 15) is 13.6 Å². The van der Waals surface area contributed by atoms with Gasteiger partial charge in [-0.25, -0.2) is 4.79 Å². The average Bonchev–Trinajstić information content (AvgIpc) is 2.26. The number of hydrogen-bond acceptors (Lipinski definition) is 2. The van der Waals surface area contributed by atoms with Crippen LogP contribution >= 0.6 is 15.9 Å².